The van der Waals surface area contributed by atoms with Gasteiger partial charge in [-0.15, -0.1) is 0 Å². The van der Waals surface area contributed by atoms with Crippen molar-refractivity contribution in [1.29, 1.82) is 5.41 Å². The molecular formula is C11H25N3O. The number of rotatable bonds is 7. The molecule has 0 heterocycles. The summed E-state index contributed by atoms with van der Waals surface area (Å²) in [5.74, 6) is 0.219. The summed E-state index contributed by atoms with van der Waals surface area (Å²) >= 11 is 0. The van der Waals surface area contributed by atoms with Crippen LogP contribution in [-0.4, -0.2) is 40.6 Å². The highest BCUT2D eigenvalue weighted by molar-refractivity contribution is 5.77. The number of nitrogens with two attached hydrogens (primary N) is 1. The van der Waals surface area contributed by atoms with Crippen LogP contribution < -0.4 is 5.73 Å². The second-order valence-electron chi connectivity index (χ2n) is 4.67. The average Bonchev–Trinajstić information content (AvgIpc) is 2.08. The first-order valence-corrected chi connectivity index (χ1v) is 5.59. The van der Waals surface area contributed by atoms with Gasteiger partial charge in [-0.1, -0.05) is 13.8 Å². The molecular weight excluding hydrogens is 190 g/mol. The first-order chi connectivity index (χ1) is 6.80. The maximum atomic E-state index is 9.77. The van der Waals surface area contributed by atoms with Gasteiger partial charge in [0, 0.05) is 19.0 Å². The first kappa shape index (κ1) is 14.4. The van der Waals surface area contributed by atoms with Crippen molar-refractivity contribution in [1.82, 2.24) is 4.90 Å². The van der Waals surface area contributed by atoms with E-state index in [9.17, 15) is 5.11 Å². The normalized spacial score (nSPS) is 14.3. The molecule has 0 bridgehead atoms. The predicted molar refractivity (Wildman–Crippen MR) is 64.2 cm³/mol. The zero-order valence-corrected chi connectivity index (χ0v) is 10.4. The van der Waals surface area contributed by atoms with E-state index in [1.54, 1.807) is 13.8 Å². The number of nitrogens with zero attached hydrogens (tertiary/aromatic N) is 1. The maximum Gasteiger partial charge on any atom is 0.0921 e. The summed E-state index contributed by atoms with van der Waals surface area (Å²) in [7, 11) is 0. The standard InChI is InChI=1S/C11H25N3O/c1-5-9(7-10(12)13)14(6-2)8-11(3,4)15/h9,15H,5-8H2,1-4H3,(H3,12,13). The van der Waals surface area contributed by atoms with Crippen molar-refractivity contribution in [3.63, 3.8) is 0 Å². The zero-order chi connectivity index (χ0) is 12.1. The molecule has 1 atom stereocenters. The van der Waals surface area contributed by atoms with Gasteiger partial charge in [-0.25, -0.2) is 0 Å². The van der Waals surface area contributed by atoms with Crippen LogP contribution in [0.1, 0.15) is 40.5 Å². The van der Waals surface area contributed by atoms with Gasteiger partial charge in [0.05, 0.1) is 11.4 Å². The zero-order valence-electron chi connectivity index (χ0n) is 10.4. The van der Waals surface area contributed by atoms with Gasteiger partial charge < -0.3 is 10.8 Å². The Balaban J connectivity index is 4.40. The summed E-state index contributed by atoms with van der Waals surface area (Å²) < 4.78 is 0. The van der Waals surface area contributed by atoms with Crippen molar-refractivity contribution < 1.29 is 5.11 Å². The fraction of sp³-hybridized carbons (Fsp3) is 0.909. The molecule has 0 aliphatic rings. The van der Waals surface area contributed by atoms with E-state index in [0.29, 0.717) is 13.0 Å². The number of hydrogen-bond donors (Lipinski definition) is 3. The van der Waals surface area contributed by atoms with E-state index in [1.807, 2.05) is 0 Å². The van der Waals surface area contributed by atoms with Gasteiger partial charge in [0.15, 0.2) is 0 Å². The molecule has 1 unspecified atom stereocenters. The summed E-state index contributed by atoms with van der Waals surface area (Å²) in [6.45, 7) is 9.24. The molecule has 0 aromatic rings. The van der Waals surface area contributed by atoms with Crippen molar-refractivity contribution in [2.24, 2.45) is 5.73 Å². The van der Waals surface area contributed by atoms with Crippen LogP contribution in [0.2, 0.25) is 0 Å². The fourth-order valence-corrected chi connectivity index (χ4v) is 1.78. The topological polar surface area (TPSA) is 73.3 Å². The Labute approximate surface area is 93.0 Å². The highest BCUT2D eigenvalue weighted by Crippen LogP contribution is 2.13. The molecule has 0 amide bonds. The third kappa shape index (κ3) is 6.47. The average molecular weight is 215 g/mol. The summed E-state index contributed by atoms with van der Waals surface area (Å²) in [5, 5.41) is 17.1. The monoisotopic (exact) mass is 215 g/mol. The molecule has 0 aromatic carbocycles. The first-order valence-electron chi connectivity index (χ1n) is 5.59. The number of likely N-dealkylation sites (N-methyl/N-ethyl adjacent to an activating group) is 1. The quantitative estimate of drug-likeness (QED) is 0.441. The van der Waals surface area contributed by atoms with E-state index in [1.165, 1.54) is 0 Å². The molecule has 4 N–H and O–H groups in total. The maximum absolute atomic E-state index is 9.77. The lowest BCUT2D eigenvalue weighted by molar-refractivity contribution is 0.0228. The molecule has 0 spiro atoms. The van der Waals surface area contributed by atoms with E-state index in [0.717, 1.165) is 13.0 Å². The summed E-state index contributed by atoms with van der Waals surface area (Å²) in [6, 6.07) is 0.263. The largest absolute Gasteiger partial charge is 0.389 e. The molecule has 0 saturated heterocycles. The van der Waals surface area contributed by atoms with Crippen LogP contribution >= 0.6 is 0 Å². The van der Waals surface area contributed by atoms with Crippen molar-refractivity contribution in [2.75, 3.05) is 13.1 Å². The van der Waals surface area contributed by atoms with Gasteiger partial charge in [0.25, 0.3) is 0 Å². The van der Waals surface area contributed by atoms with Crippen LogP contribution in [0.25, 0.3) is 0 Å². The number of aliphatic hydroxyl groups is 1. The van der Waals surface area contributed by atoms with Crippen LogP contribution in [0.4, 0.5) is 0 Å². The fourth-order valence-electron chi connectivity index (χ4n) is 1.78. The number of amidine groups is 1. The molecule has 15 heavy (non-hydrogen) atoms. The van der Waals surface area contributed by atoms with E-state index in [4.69, 9.17) is 11.1 Å². The molecule has 0 fully saturated rings. The molecule has 0 saturated carbocycles. The highest BCUT2D eigenvalue weighted by atomic mass is 16.3. The van der Waals surface area contributed by atoms with Gasteiger partial charge in [-0.2, -0.15) is 0 Å². The van der Waals surface area contributed by atoms with E-state index < -0.39 is 5.60 Å². The third-order valence-electron chi connectivity index (χ3n) is 2.44. The van der Waals surface area contributed by atoms with Crippen LogP contribution in [0, 0.1) is 5.41 Å². The minimum atomic E-state index is -0.694. The Morgan fingerprint density at radius 3 is 2.27 bits per heavy atom. The molecule has 4 nitrogen and oxygen atoms in total. The van der Waals surface area contributed by atoms with Crippen molar-refractivity contribution >= 4 is 5.84 Å². The Morgan fingerprint density at radius 1 is 1.47 bits per heavy atom. The minimum absolute atomic E-state index is 0.219. The van der Waals surface area contributed by atoms with Crippen LogP contribution in [-0.2, 0) is 0 Å². The van der Waals surface area contributed by atoms with Crippen LogP contribution in [0.3, 0.4) is 0 Å². The molecule has 90 valence electrons. The van der Waals surface area contributed by atoms with E-state index in [-0.39, 0.29) is 11.9 Å². The number of hydrogen-bond acceptors (Lipinski definition) is 3. The summed E-state index contributed by atoms with van der Waals surface area (Å²) in [5.41, 5.74) is 4.73. The molecule has 0 aromatic heterocycles. The molecule has 0 aliphatic heterocycles. The Morgan fingerprint density at radius 2 is 2.00 bits per heavy atom. The van der Waals surface area contributed by atoms with Crippen LogP contribution in [0.5, 0.6) is 0 Å². The molecule has 4 heteroatoms. The van der Waals surface area contributed by atoms with Gasteiger partial charge in [0.2, 0.25) is 0 Å². The van der Waals surface area contributed by atoms with E-state index in [2.05, 4.69) is 18.7 Å². The van der Waals surface area contributed by atoms with Crippen molar-refractivity contribution in [3.05, 3.63) is 0 Å². The van der Waals surface area contributed by atoms with Crippen molar-refractivity contribution in [3.8, 4) is 0 Å². The minimum Gasteiger partial charge on any atom is -0.389 e. The smallest absolute Gasteiger partial charge is 0.0921 e. The lowest BCUT2D eigenvalue weighted by atomic mass is 10.0. The lowest BCUT2D eigenvalue weighted by Gasteiger charge is -2.34. The molecule has 0 rings (SSSR count). The van der Waals surface area contributed by atoms with Crippen LogP contribution in [0.15, 0.2) is 0 Å². The van der Waals surface area contributed by atoms with Gasteiger partial charge in [-0.3, -0.25) is 10.3 Å². The SMILES string of the molecule is CCC(CC(=N)N)N(CC)CC(C)(C)O. The van der Waals surface area contributed by atoms with E-state index >= 15 is 0 Å². The second kappa shape index (κ2) is 6.08. The van der Waals surface area contributed by atoms with Gasteiger partial charge in [-0.05, 0) is 26.8 Å². The third-order valence-corrected chi connectivity index (χ3v) is 2.44. The molecule has 0 radical (unpaired) electrons. The molecule has 0 aliphatic carbocycles. The Bertz CT molecular complexity index is 198. The lowest BCUT2D eigenvalue weighted by Crippen LogP contribution is -2.45. The van der Waals surface area contributed by atoms with Gasteiger partial charge in [0.1, 0.15) is 0 Å². The second-order valence-corrected chi connectivity index (χ2v) is 4.67. The predicted octanol–water partition coefficient (Wildman–Crippen LogP) is 1.18. The Hall–Kier alpha value is -0.610. The Kier molecular flexibility index (Phi) is 5.83. The highest BCUT2D eigenvalue weighted by Gasteiger charge is 2.23. The summed E-state index contributed by atoms with van der Waals surface area (Å²) in [4.78, 5) is 2.18. The van der Waals surface area contributed by atoms with Crippen molar-refractivity contribution in [2.45, 2.75) is 52.2 Å². The van der Waals surface area contributed by atoms with Gasteiger partial charge >= 0.3 is 0 Å². The number of nitrogens with one attached hydrogen (secondary N) is 1. The summed E-state index contributed by atoms with van der Waals surface area (Å²) in [6.07, 6.45) is 1.53.